The molecule has 160 valence electrons. The van der Waals surface area contributed by atoms with Gasteiger partial charge >= 0.3 is 0 Å². The maximum absolute atomic E-state index is 13.0. The molecule has 1 N–H and O–H groups in total. The van der Waals surface area contributed by atoms with Gasteiger partial charge in [0.25, 0.3) is 11.8 Å². The van der Waals surface area contributed by atoms with E-state index >= 15 is 0 Å². The molecule has 5 nitrogen and oxygen atoms in total. The summed E-state index contributed by atoms with van der Waals surface area (Å²) in [5.41, 5.74) is 3.54. The fourth-order valence-corrected chi connectivity index (χ4v) is 3.78. The quantitative estimate of drug-likeness (QED) is 0.772. The lowest BCUT2D eigenvalue weighted by Crippen LogP contribution is -2.41. The first-order valence-corrected chi connectivity index (χ1v) is 10.7. The number of aryl methyl sites for hydroxylation is 2. The third-order valence-corrected chi connectivity index (χ3v) is 5.45. The van der Waals surface area contributed by atoms with Crippen molar-refractivity contribution in [2.24, 2.45) is 5.92 Å². The third kappa shape index (κ3) is 5.62. The fourth-order valence-electron chi connectivity index (χ4n) is 3.78. The van der Waals surface area contributed by atoms with E-state index in [4.69, 9.17) is 4.74 Å². The zero-order valence-electron chi connectivity index (χ0n) is 18.4. The first-order chi connectivity index (χ1) is 14.3. The number of amides is 2. The van der Waals surface area contributed by atoms with Gasteiger partial charge in [0.1, 0.15) is 5.75 Å². The second-order valence-corrected chi connectivity index (χ2v) is 8.54. The van der Waals surface area contributed by atoms with Gasteiger partial charge in [-0.05, 0) is 76.4 Å². The number of piperidine rings is 1. The lowest BCUT2D eigenvalue weighted by Gasteiger charge is -2.33. The van der Waals surface area contributed by atoms with Gasteiger partial charge in [-0.1, -0.05) is 17.7 Å². The van der Waals surface area contributed by atoms with Crippen LogP contribution < -0.4 is 10.1 Å². The minimum absolute atomic E-state index is 0.0792. The highest BCUT2D eigenvalue weighted by atomic mass is 16.5. The van der Waals surface area contributed by atoms with Gasteiger partial charge < -0.3 is 15.0 Å². The highest BCUT2D eigenvalue weighted by molar-refractivity contribution is 5.96. The molecule has 30 heavy (non-hydrogen) atoms. The Bertz CT molecular complexity index is 890. The summed E-state index contributed by atoms with van der Waals surface area (Å²) in [5.74, 6) is 1.08. The maximum Gasteiger partial charge on any atom is 0.254 e. The minimum Gasteiger partial charge on any atom is -0.493 e. The highest BCUT2D eigenvalue weighted by Crippen LogP contribution is 2.22. The van der Waals surface area contributed by atoms with Crippen molar-refractivity contribution in [2.45, 2.75) is 46.6 Å². The third-order valence-electron chi connectivity index (χ3n) is 5.45. The molecule has 0 unspecified atom stereocenters. The highest BCUT2D eigenvalue weighted by Gasteiger charge is 2.26. The van der Waals surface area contributed by atoms with Crippen LogP contribution in [-0.2, 0) is 0 Å². The summed E-state index contributed by atoms with van der Waals surface area (Å²) in [5, 5.41) is 2.88. The summed E-state index contributed by atoms with van der Waals surface area (Å²) < 4.78 is 5.97. The summed E-state index contributed by atoms with van der Waals surface area (Å²) in [4.78, 5) is 27.0. The van der Waals surface area contributed by atoms with Gasteiger partial charge in [0.2, 0.25) is 0 Å². The molecule has 0 bridgehead atoms. The van der Waals surface area contributed by atoms with Crippen molar-refractivity contribution >= 4 is 11.8 Å². The van der Waals surface area contributed by atoms with Gasteiger partial charge in [0.05, 0.1) is 6.61 Å². The first kappa shape index (κ1) is 21.9. The average molecular weight is 409 g/mol. The van der Waals surface area contributed by atoms with Crippen molar-refractivity contribution in [3.05, 3.63) is 64.7 Å². The second-order valence-electron chi connectivity index (χ2n) is 8.54. The Morgan fingerprint density at radius 1 is 1.13 bits per heavy atom. The number of ether oxygens (including phenoxy) is 1. The lowest BCUT2D eigenvalue weighted by molar-refractivity contribution is 0.0632. The van der Waals surface area contributed by atoms with Crippen LogP contribution in [-0.4, -0.2) is 42.5 Å². The lowest BCUT2D eigenvalue weighted by atomic mass is 9.97. The van der Waals surface area contributed by atoms with E-state index in [1.807, 2.05) is 62.9 Å². The van der Waals surface area contributed by atoms with Gasteiger partial charge in [-0.15, -0.1) is 0 Å². The van der Waals surface area contributed by atoms with Crippen LogP contribution in [0.15, 0.2) is 42.5 Å². The van der Waals surface area contributed by atoms with Crippen LogP contribution in [0.1, 0.15) is 58.5 Å². The summed E-state index contributed by atoms with van der Waals surface area (Å²) in [6, 6.07) is 13.4. The number of nitrogens with one attached hydrogen (secondary N) is 1. The summed E-state index contributed by atoms with van der Waals surface area (Å²) in [7, 11) is 0. The van der Waals surface area contributed by atoms with Gasteiger partial charge in [-0.2, -0.15) is 0 Å². The average Bonchev–Trinajstić information content (AvgIpc) is 2.73. The molecule has 1 saturated heterocycles. The number of carbonyl (C=O) groups is 2. The van der Waals surface area contributed by atoms with Crippen molar-refractivity contribution in [1.82, 2.24) is 10.2 Å². The summed E-state index contributed by atoms with van der Waals surface area (Å²) in [6.45, 7) is 9.95. The summed E-state index contributed by atoms with van der Waals surface area (Å²) >= 11 is 0. The van der Waals surface area contributed by atoms with Crippen molar-refractivity contribution in [3.63, 3.8) is 0 Å². The van der Waals surface area contributed by atoms with Gasteiger partial charge in [-0.3, -0.25) is 9.59 Å². The zero-order valence-corrected chi connectivity index (χ0v) is 18.4. The Morgan fingerprint density at radius 3 is 2.57 bits per heavy atom. The molecular formula is C25H32N2O3. The topological polar surface area (TPSA) is 58.6 Å². The van der Waals surface area contributed by atoms with E-state index in [-0.39, 0.29) is 17.9 Å². The number of carbonyl (C=O) groups excluding carboxylic acids is 2. The van der Waals surface area contributed by atoms with Gasteiger partial charge in [0, 0.05) is 36.2 Å². The number of benzene rings is 2. The van der Waals surface area contributed by atoms with E-state index < -0.39 is 0 Å². The predicted octanol–water partition coefficient (Wildman–Crippen LogP) is 4.37. The van der Waals surface area contributed by atoms with Crippen LogP contribution >= 0.6 is 0 Å². The summed E-state index contributed by atoms with van der Waals surface area (Å²) in [6.07, 6.45) is 2.03. The van der Waals surface area contributed by atoms with E-state index in [1.165, 1.54) is 0 Å². The van der Waals surface area contributed by atoms with Crippen molar-refractivity contribution in [2.75, 3.05) is 19.7 Å². The minimum atomic E-state index is -0.0792. The van der Waals surface area contributed by atoms with Gasteiger partial charge in [0.15, 0.2) is 0 Å². The molecule has 1 fully saturated rings. The number of hydrogen-bond acceptors (Lipinski definition) is 3. The van der Waals surface area contributed by atoms with Crippen LogP contribution in [0.25, 0.3) is 0 Å². The molecule has 5 heteroatoms. The van der Waals surface area contributed by atoms with E-state index in [0.717, 1.165) is 41.8 Å². The number of nitrogens with zero attached hydrogens (tertiary/aromatic N) is 1. The molecule has 0 aromatic heterocycles. The SMILES string of the molecule is Cc1ccc(C)c(C(=O)N2CCC[C@H](COc3ccc(C(=O)NC(C)C)cc3)C2)c1. The smallest absolute Gasteiger partial charge is 0.254 e. The van der Waals surface area contributed by atoms with Crippen molar-refractivity contribution in [1.29, 1.82) is 0 Å². The maximum atomic E-state index is 13.0. The molecule has 3 rings (SSSR count). The zero-order chi connectivity index (χ0) is 21.7. The molecule has 1 atom stereocenters. The standard InChI is InChI=1S/C25H32N2O3/c1-17(2)26-24(28)21-9-11-22(12-10-21)30-16-20-6-5-13-27(15-20)25(29)23-14-18(3)7-8-19(23)4/h7-12,14,17,20H,5-6,13,15-16H2,1-4H3,(H,26,28)/t20-/m0/s1. The fraction of sp³-hybridized carbons (Fsp3) is 0.440. The molecule has 1 aliphatic rings. The van der Waals surface area contributed by atoms with Crippen LogP contribution in [0.4, 0.5) is 0 Å². The first-order valence-electron chi connectivity index (χ1n) is 10.7. The van der Waals surface area contributed by atoms with E-state index in [9.17, 15) is 9.59 Å². The molecule has 2 amide bonds. The number of likely N-dealkylation sites (tertiary alicyclic amines) is 1. The van der Waals surface area contributed by atoms with Crippen LogP contribution in [0.5, 0.6) is 5.75 Å². The van der Waals surface area contributed by atoms with Gasteiger partial charge in [-0.25, -0.2) is 0 Å². The van der Waals surface area contributed by atoms with Crippen molar-refractivity contribution in [3.8, 4) is 5.75 Å². The largest absolute Gasteiger partial charge is 0.493 e. The molecule has 0 radical (unpaired) electrons. The van der Waals surface area contributed by atoms with Crippen LogP contribution in [0.3, 0.4) is 0 Å². The Balaban J connectivity index is 1.56. The molecule has 2 aromatic carbocycles. The molecule has 2 aromatic rings. The molecular weight excluding hydrogens is 376 g/mol. The number of rotatable bonds is 6. The Hall–Kier alpha value is -2.82. The van der Waals surface area contributed by atoms with Crippen molar-refractivity contribution < 1.29 is 14.3 Å². The monoisotopic (exact) mass is 408 g/mol. The number of hydrogen-bond donors (Lipinski definition) is 1. The molecule has 0 spiro atoms. The van der Waals surface area contributed by atoms with E-state index in [1.54, 1.807) is 12.1 Å². The van der Waals surface area contributed by atoms with Crippen LogP contribution in [0.2, 0.25) is 0 Å². The predicted molar refractivity (Wildman–Crippen MR) is 119 cm³/mol. The Labute approximate surface area is 179 Å². The normalized spacial score (nSPS) is 16.4. The Morgan fingerprint density at radius 2 is 1.87 bits per heavy atom. The molecule has 1 heterocycles. The molecule has 0 saturated carbocycles. The molecule has 0 aliphatic carbocycles. The van der Waals surface area contributed by atoms with E-state index in [0.29, 0.717) is 24.6 Å². The van der Waals surface area contributed by atoms with E-state index in [2.05, 4.69) is 5.32 Å². The van der Waals surface area contributed by atoms with Crippen LogP contribution in [0, 0.1) is 19.8 Å². The Kier molecular flexibility index (Phi) is 7.14. The molecule has 1 aliphatic heterocycles. The second kappa shape index (κ2) is 9.79.